The van der Waals surface area contributed by atoms with Crippen LogP contribution in [0.15, 0.2) is 36.4 Å². The lowest BCUT2D eigenvalue weighted by molar-refractivity contribution is -0.385. The normalized spacial score (nSPS) is 10.1. The summed E-state index contributed by atoms with van der Waals surface area (Å²) in [5.41, 5.74) is -0.180. The number of nitro benzene ring substituents is 1. The van der Waals surface area contributed by atoms with Gasteiger partial charge in [-0.25, -0.2) is 8.78 Å². The molecule has 0 unspecified atom stereocenters. The summed E-state index contributed by atoms with van der Waals surface area (Å²) in [5.74, 6) is -2.58. The number of hydrogen-bond donors (Lipinski definition) is 1. The van der Waals surface area contributed by atoms with Gasteiger partial charge in [0.25, 0.3) is 11.6 Å². The second-order valence-electron chi connectivity index (χ2n) is 4.56. The van der Waals surface area contributed by atoms with E-state index in [4.69, 9.17) is 9.47 Å². The topological polar surface area (TPSA) is 90.7 Å². The van der Waals surface area contributed by atoms with E-state index in [-0.39, 0.29) is 22.9 Å². The first-order valence-corrected chi connectivity index (χ1v) is 6.61. The third kappa shape index (κ3) is 4.15. The predicted molar refractivity (Wildman–Crippen MR) is 80.1 cm³/mol. The van der Waals surface area contributed by atoms with Crippen LogP contribution in [0, 0.1) is 21.7 Å². The number of benzene rings is 2. The number of carbonyl (C=O) groups is 1. The lowest BCUT2D eigenvalue weighted by atomic mass is 10.3. The van der Waals surface area contributed by atoms with E-state index < -0.39 is 29.1 Å². The molecule has 2 aromatic rings. The highest BCUT2D eigenvalue weighted by atomic mass is 19.2. The van der Waals surface area contributed by atoms with Crippen molar-refractivity contribution in [2.75, 3.05) is 19.0 Å². The molecule has 0 aromatic heterocycles. The Bertz CT molecular complexity index is 782. The van der Waals surface area contributed by atoms with Crippen LogP contribution >= 0.6 is 0 Å². The maximum absolute atomic E-state index is 13.1. The minimum Gasteiger partial charge on any atom is -0.493 e. The second-order valence-corrected chi connectivity index (χ2v) is 4.56. The third-order valence-electron chi connectivity index (χ3n) is 2.92. The van der Waals surface area contributed by atoms with Gasteiger partial charge in [-0.2, -0.15) is 0 Å². The van der Waals surface area contributed by atoms with Crippen LogP contribution in [0.25, 0.3) is 0 Å². The summed E-state index contributed by atoms with van der Waals surface area (Å²) in [6.07, 6.45) is 0. The molecule has 2 aromatic carbocycles. The number of carbonyl (C=O) groups excluding carboxylic acids is 1. The number of non-ortho nitro benzene ring substituents is 1. The van der Waals surface area contributed by atoms with Crippen molar-refractivity contribution >= 4 is 17.3 Å². The number of nitrogens with zero attached hydrogens (tertiary/aromatic N) is 1. The average Bonchev–Trinajstić information content (AvgIpc) is 2.56. The molecule has 0 spiro atoms. The van der Waals surface area contributed by atoms with Crippen molar-refractivity contribution in [3.05, 3.63) is 58.1 Å². The van der Waals surface area contributed by atoms with Gasteiger partial charge in [0.05, 0.1) is 18.1 Å². The third-order valence-corrected chi connectivity index (χ3v) is 2.92. The highest BCUT2D eigenvalue weighted by Gasteiger charge is 2.14. The van der Waals surface area contributed by atoms with E-state index in [1.165, 1.54) is 25.3 Å². The summed E-state index contributed by atoms with van der Waals surface area (Å²) in [6, 6.07) is 6.55. The van der Waals surface area contributed by atoms with Gasteiger partial charge in [-0.05, 0) is 18.2 Å². The fourth-order valence-corrected chi connectivity index (χ4v) is 1.81. The molecule has 0 atom stereocenters. The van der Waals surface area contributed by atoms with Crippen molar-refractivity contribution in [3.8, 4) is 11.5 Å². The van der Waals surface area contributed by atoms with E-state index in [9.17, 15) is 23.7 Å². The molecule has 1 N–H and O–H groups in total. The van der Waals surface area contributed by atoms with Crippen LogP contribution < -0.4 is 14.8 Å². The number of anilines is 1. The van der Waals surface area contributed by atoms with Gasteiger partial charge >= 0.3 is 0 Å². The maximum Gasteiger partial charge on any atom is 0.273 e. The van der Waals surface area contributed by atoms with E-state index in [0.717, 1.165) is 18.2 Å². The minimum absolute atomic E-state index is 0.00661. The minimum atomic E-state index is -1.10. The fourth-order valence-electron chi connectivity index (χ4n) is 1.81. The number of halogens is 2. The number of methoxy groups -OCH3 is 1. The van der Waals surface area contributed by atoms with Crippen LogP contribution in [0.1, 0.15) is 0 Å². The quantitative estimate of drug-likeness (QED) is 0.646. The maximum atomic E-state index is 13.1. The van der Waals surface area contributed by atoms with Crippen LogP contribution in [0.2, 0.25) is 0 Å². The number of nitrogens with one attached hydrogen (secondary N) is 1. The van der Waals surface area contributed by atoms with Crippen molar-refractivity contribution in [2.45, 2.75) is 0 Å². The molecule has 0 bridgehead atoms. The number of ether oxygens (including phenoxy) is 2. The van der Waals surface area contributed by atoms with Gasteiger partial charge in [0.1, 0.15) is 0 Å². The van der Waals surface area contributed by atoms with Gasteiger partial charge in [0.2, 0.25) is 0 Å². The molecule has 0 aliphatic carbocycles. The van der Waals surface area contributed by atoms with Crippen LogP contribution in [-0.4, -0.2) is 24.5 Å². The summed E-state index contributed by atoms with van der Waals surface area (Å²) in [6.45, 7) is -0.503. The lowest BCUT2D eigenvalue weighted by Gasteiger charge is -2.10. The highest BCUT2D eigenvalue weighted by molar-refractivity contribution is 5.91. The Morgan fingerprint density at radius 2 is 1.92 bits per heavy atom. The van der Waals surface area contributed by atoms with Crippen molar-refractivity contribution in [1.29, 1.82) is 0 Å². The molecular formula is C15H12F2N2O5. The SMILES string of the molecule is COc1ccc([N+](=O)[O-])cc1OCC(=O)Nc1ccc(F)c(F)c1. The zero-order chi connectivity index (χ0) is 17.7. The van der Waals surface area contributed by atoms with Gasteiger partial charge in [-0.3, -0.25) is 14.9 Å². The van der Waals surface area contributed by atoms with Crippen molar-refractivity contribution < 1.29 is 28.0 Å². The Balaban J connectivity index is 2.04. The summed E-state index contributed by atoms with van der Waals surface area (Å²) in [5, 5.41) is 13.1. The number of amides is 1. The van der Waals surface area contributed by atoms with E-state index in [2.05, 4.69) is 5.32 Å². The Kier molecular flexibility index (Phi) is 5.25. The highest BCUT2D eigenvalue weighted by Crippen LogP contribution is 2.31. The molecule has 0 saturated heterocycles. The Hall–Kier alpha value is -3.23. The van der Waals surface area contributed by atoms with Gasteiger partial charge < -0.3 is 14.8 Å². The van der Waals surface area contributed by atoms with Crippen molar-refractivity contribution in [2.24, 2.45) is 0 Å². The molecule has 2 rings (SSSR count). The first-order valence-electron chi connectivity index (χ1n) is 6.61. The molecule has 0 fully saturated rings. The largest absolute Gasteiger partial charge is 0.493 e. The van der Waals surface area contributed by atoms with Gasteiger partial charge in [0, 0.05) is 17.8 Å². The second kappa shape index (κ2) is 7.36. The van der Waals surface area contributed by atoms with Gasteiger partial charge in [0.15, 0.2) is 29.7 Å². The summed E-state index contributed by atoms with van der Waals surface area (Å²) < 4.78 is 36.1. The molecule has 1 amide bonds. The first-order chi connectivity index (χ1) is 11.4. The molecule has 9 heteroatoms. The van der Waals surface area contributed by atoms with E-state index >= 15 is 0 Å². The number of hydrogen-bond acceptors (Lipinski definition) is 5. The van der Waals surface area contributed by atoms with Crippen molar-refractivity contribution in [3.63, 3.8) is 0 Å². The zero-order valence-corrected chi connectivity index (χ0v) is 12.4. The van der Waals surface area contributed by atoms with Gasteiger partial charge in [-0.15, -0.1) is 0 Å². The number of nitro groups is 1. The fraction of sp³-hybridized carbons (Fsp3) is 0.133. The average molecular weight is 338 g/mol. The smallest absolute Gasteiger partial charge is 0.273 e. The van der Waals surface area contributed by atoms with E-state index in [1.807, 2.05) is 0 Å². The molecule has 0 heterocycles. The van der Waals surface area contributed by atoms with Crippen LogP contribution in [0.5, 0.6) is 11.5 Å². The van der Waals surface area contributed by atoms with Crippen LogP contribution in [0.3, 0.4) is 0 Å². The summed E-state index contributed by atoms with van der Waals surface area (Å²) >= 11 is 0. The number of rotatable bonds is 6. The molecule has 0 aliphatic rings. The zero-order valence-electron chi connectivity index (χ0n) is 12.4. The molecule has 7 nitrogen and oxygen atoms in total. The molecule has 126 valence electrons. The van der Waals surface area contributed by atoms with Crippen molar-refractivity contribution in [1.82, 2.24) is 0 Å². The summed E-state index contributed by atoms with van der Waals surface area (Å²) in [7, 11) is 1.34. The predicted octanol–water partition coefficient (Wildman–Crippen LogP) is 2.90. The Morgan fingerprint density at radius 1 is 1.17 bits per heavy atom. The van der Waals surface area contributed by atoms with Crippen LogP contribution in [0.4, 0.5) is 20.2 Å². The van der Waals surface area contributed by atoms with E-state index in [0.29, 0.717) is 0 Å². The summed E-state index contributed by atoms with van der Waals surface area (Å²) in [4.78, 5) is 21.9. The molecule has 24 heavy (non-hydrogen) atoms. The Labute approximate surface area is 135 Å². The molecular weight excluding hydrogens is 326 g/mol. The van der Waals surface area contributed by atoms with Gasteiger partial charge in [-0.1, -0.05) is 0 Å². The van der Waals surface area contributed by atoms with E-state index in [1.54, 1.807) is 0 Å². The first kappa shape index (κ1) is 17.1. The molecule has 0 saturated carbocycles. The monoisotopic (exact) mass is 338 g/mol. The Morgan fingerprint density at radius 3 is 2.54 bits per heavy atom. The van der Waals surface area contributed by atoms with Crippen LogP contribution in [-0.2, 0) is 4.79 Å². The lowest BCUT2D eigenvalue weighted by Crippen LogP contribution is -2.20. The molecule has 0 aliphatic heterocycles. The standard InChI is InChI=1S/C15H12F2N2O5/c1-23-13-5-3-10(19(21)22)7-14(13)24-8-15(20)18-9-2-4-11(16)12(17)6-9/h2-7H,8H2,1H3,(H,18,20). The molecule has 0 radical (unpaired) electrons.